The van der Waals surface area contributed by atoms with Gasteiger partial charge in [0.05, 0.1) is 26.9 Å². The van der Waals surface area contributed by atoms with Gasteiger partial charge in [0.25, 0.3) is 5.91 Å². The van der Waals surface area contributed by atoms with E-state index >= 15 is 0 Å². The number of carbonyl (C=O) groups is 2. The summed E-state index contributed by atoms with van der Waals surface area (Å²) in [7, 11) is 1.46. The van der Waals surface area contributed by atoms with Crippen LogP contribution in [0.1, 0.15) is 51.2 Å². The SMILES string of the molecule is CCC(C)(C)c1ccc(OCCCC(=O)Oc2ccc(/C=C(\C#N)C(=O)N3CCOCC3)cc2OC)cc1. The maximum absolute atomic E-state index is 12.7. The van der Waals surface area contributed by atoms with Gasteiger partial charge in [0.2, 0.25) is 0 Å². The highest BCUT2D eigenvalue weighted by atomic mass is 16.6. The monoisotopic (exact) mass is 520 g/mol. The summed E-state index contributed by atoms with van der Waals surface area (Å²) in [5, 5.41) is 9.51. The Morgan fingerprint density at radius 1 is 1.11 bits per heavy atom. The highest BCUT2D eigenvalue weighted by Crippen LogP contribution is 2.30. The smallest absolute Gasteiger partial charge is 0.311 e. The predicted octanol–water partition coefficient (Wildman–Crippen LogP) is 4.91. The quantitative estimate of drug-likeness (QED) is 0.136. The second-order valence-corrected chi connectivity index (χ2v) is 9.67. The number of nitrogens with zero attached hydrogens (tertiary/aromatic N) is 2. The van der Waals surface area contributed by atoms with Gasteiger partial charge < -0.3 is 23.8 Å². The fourth-order valence-electron chi connectivity index (χ4n) is 3.89. The molecule has 1 heterocycles. The van der Waals surface area contributed by atoms with Crippen LogP contribution in [0.5, 0.6) is 17.2 Å². The number of carbonyl (C=O) groups excluding carboxylic acids is 2. The van der Waals surface area contributed by atoms with Gasteiger partial charge in [-0.1, -0.05) is 39.0 Å². The summed E-state index contributed by atoms with van der Waals surface area (Å²) in [5.41, 5.74) is 1.99. The molecule has 0 aromatic heterocycles. The summed E-state index contributed by atoms with van der Waals surface area (Å²) < 4.78 is 21.9. The number of rotatable bonds is 11. The highest BCUT2D eigenvalue weighted by Gasteiger charge is 2.21. The third-order valence-corrected chi connectivity index (χ3v) is 6.69. The molecule has 202 valence electrons. The zero-order chi connectivity index (χ0) is 27.5. The van der Waals surface area contributed by atoms with Crippen LogP contribution in [0.3, 0.4) is 0 Å². The summed E-state index contributed by atoms with van der Waals surface area (Å²) in [6.45, 7) is 8.79. The molecular formula is C30H36N2O6. The highest BCUT2D eigenvalue weighted by molar-refractivity contribution is 6.01. The third kappa shape index (κ3) is 7.83. The number of nitriles is 1. The molecule has 1 aliphatic rings. The zero-order valence-electron chi connectivity index (χ0n) is 22.6. The lowest BCUT2D eigenvalue weighted by Gasteiger charge is -2.26. The second kappa shape index (κ2) is 13.6. The molecule has 0 atom stereocenters. The van der Waals surface area contributed by atoms with Crippen molar-refractivity contribution in [3.8, 4) is 23.3 Å². The van der Waals surface area contributed by atoms with Crippen molar-refractivity contribution in [3.05, 3.63) is 59.2 Å². The maximum atomic E-state index is 12.7. The maximum Gasteiger partial charge on any atom is 0.311 e. The Hall–Kier alpha value is -3.83. The fourth-order valence-corrected chi connectivity index (χ4v) is 3.89. The van der Waals surface area contributed by atoms with Crippen LogP contribution < -0.4 is 14.2 Å². The Labute approximate surface area is 224 Å². The number of morpholine rings is 1. The minimum absolute atomic E-state index is 0.0161. The number of ether oxygens (including phenoxy) is 4. The molecule has 0 unspecified atom stereocenters. The average molecular weight is 521 g/mol. The van der Waals surface area contributed by atoms with Gasteiger partial charge in [0, 0.05) is 19.5 Å². The minimum Gasteiger partial charge on any atom is -0.494 e. The van der Waals surface area contributed by atoms with Gasteiger partial charge in [-0.2, -0.15) is 5.26 Å². The van der Waals surface area contributed by atoms with E-state index < -0.39 is 5.97 Å². The molecule has 8 heteroatoms. The molecule has 3 rings (SSSR count). The number of esters is 1. The lowest BCUT2D eigenvalue weighted by molar-refractivity contribution is -0.134. The van der Waals surface area contributed by atoms with E-state index in [1.165, 1.54) is 18.7 Å². The van der Waals surface area contributed by atoms with Crippen molar-refractivity contribution < 1.29 is 28.5 Å². The molecule has 1 amide bonds. The van der Waals surface area contributed by atoms with Crippen molar-refractivity contribution in [1.82, 2.24) is 4.90 Å². The van der Waals surface area contributed by atoms with Gasteiger partial charge >= 0.3 is 5.97 Å². The van der Waals surface area contributed by atoms with E-state index in [9.17, 15) is 14.9 Å². The summed E-state index contributed by atoms with van der Waals surface area (Å²) >= 11 is 0. The first-order valence-corrected chi connectivity index (χ1v) is 12.9. The second-order valence-electron chi connectivity index (χ2n) is 9.67. The van der Waals surface area contributed by atoms with Crippen LogP contribution in [-0.2, 0) is 19.7 Å². The van der Waals surface area contributed by atoms with Crippen molar-refractivity contribution in [2.75, 3.05) is 40.0 Å². The minimum atomic E-state index is -0.407. The zero-order valence-corrected chi connectivity index (χ0v) is 22.6. The number of amides is 1. The van der Waals surface area contributed by atoms with Crippen LogP contribution in [0.15, 0.2) is 48.0 Å². The van der Waals surface area contributed by atoms with Crippen LogP contribution in [0.4, 0.5) is 0 Å². The summed E-state index contributed by atoms with van der Waals surface area (Å²) in [6, 6.07) is 14.9. The van der Waals surface area contributed by atoms with Crippen molar-refractivity contribution in [1.29, 1.82) is 5.26 Å². The van der Waals surface area contributed by atoms with Gasteiger partial charge in [0.15, 0.2) is 11.5 Å². The summed E-state index contributed by atoms with van der Waals surface area (Å²) in [4.78, 5) is 26.7. The predicted molar refractivity (Wildman–Crippen MR) is 144 cm³/mol. The molecule has 0 N–H and O–H groups in total. The number of benzene rings is 2. The molecule has 1 saturated heterocycles. The molecule has 2 aromatic rings. The lowest BCUT2D eigenvalue weighted by Crippen LogP contribution is -2.41. The van der Waals surface area contributed by atoms with Crippen molar-refractivity contribution in [2.24, 2.45) is 0 Å². The van der Waals surface area contributed by atoms with Crippen LogP contribution in [0.25, 0.3) is 6.08 Å². The average Bonchev–Trinajstić information content (AvgIpc) is 2.95. The van der Waals surface area contributed by atoms with Crippen LogP contribution in [-0.4, -0.2) is 56.8 Å². The first kappa shape index (κ1) is 28.7. The Kier molecular flexibility index (Phi) is 10.3. The van der Waals surface area contributed by atoms with E-state index in [1.807, 2.05) is 18.2 Å². The fraction of sp³-hybridized carbons (Fsp3) is 0.433. The van der Waals surface area contributed by atoms with E-state index in [2.05, 4.69) is 32.9 Å². The van der Waals surface area contributed by atoms with Crippen molar-refractivity contribution >= 4 is 18.0 Å². The molecule has 0 aliphatic carbocycles. The molecule has 1 aliphatic heterocycles. The molecular weight excluding hydrogens is 484 g/mol. The topological polar surface area (TPSA) is 98.1 Å². The first-order valence-electron chi connectivity index (χ1n) is 12.9. The van der Waals surface area contributed by atoms with Gasteiger partial charge in [0.1, 0.15) is 17.4 Å². The van der Waals surface area contributed by atoms with E-state index in [0.717, 1.165) is 12.2 Å². The van der Waals surface area contributed by atoms with E-state index in [1.54, 1.807) is 23.1 Å². The molecule has 0 radical (unpaired) electrons. The normalized spacial score (nSPS) is 14.0. The van der Waals surface area contributed by atoms with Gasteiger partial charge in [-0.25, -0.2) is 0 Å². The van der Waals surface area contributed by atoms with Gasteiger partial charge in [-0.05, 0) is 59.7 Å². The molecule has 0 saturated carbocycles. The molecule has 0 bridgehead atoms. The van der Waals surface area contributed by atoms with E-state index in [-0.39, 0.29) is 29.1 Å². The largest absolute Gasteiger partial charge is 0.494 e. The van der Waals surface area contributed by atoms with E-state index in [0.29, 0.717) is 50.6 Å². The van der Waals surface area contributed by atoms with Gasteiger partial charge in [-0.3, -0.25) is 9.59 Å². The van der Waals surface area contributed by atoms with Crippen LogP contribution >= 0.6 is 0 Å². The number of methoxy groups -OCH3 is 1. The Bertz CT molecular complexity index is 1170. The molecule has 2 aromatic carbocycles. The van der Waals surface area contributed by atoms with Crippen LogP contribution in [0.2, 0.25) is 0 Å². The molecule has 1 fully saturated rings. The van der Waals surface area contributed by atoms with Crippen molar-refractivity contribution in [3.63, 3.8) is 0 Å². The molecule has 8 nitrogen and oxygen atoms in total. The Morgan fingerprint density at radius 2 is 1.82 bits per heavy atom. The molecule has 0 spiro atoms. The first-order chi connectivity index (χ1) is 18.3. The van der Waals surface area contributed by atoms with Crippen molar-refractivity contribution in [2.45, 2.75) is 45.4 Å². The Balaban J connectivity index is 1.52. The number of hydrogen-bond donors (Lipinski definition) is 0. The molecule has 38 heavy (non-hydrogen) atoms. The lowest BCUT2D eigenvalue weighted by atomic mass is 9.82. The standard InChI is InChI=1S/C30H36N2O6/c1-5-30(2,3)24-9-11-25(12-10-24)37-16-6-7-28(33)38-26-13-8-22(20-27(26)35-4)19-23(21-31)29(34)32-14-17-36-18-15-32/h8-13,19-20H,5-7,14-18H2,1-4H3/b23-19+. The van der Waals surface area contributed by atoms with Gasteiger partial charge in [-0.15, -0.1) is 0 Å². The third-order valence-electron chi connectivity index (χ3n) is 6.69. The summed E-state index contributed by atoms with van der Waals surface area (Å²) in [5.74, 6) is 0.615. The van der Waals surface area contributed by atoms with Crippen LogP contribution in [0, 0.1) is 11.3 Å². The van der Waals surface area contributed by atoms with E-state index in [4.69, 9.17) is 18.9 Å². The Morgan fingerprint density at radius 3 is 2.45 bits per heavy atom. The summed E-state index contributed by atoms with van der Waals surface area (Å²) in [6.07, 6.45) is 3.23. The number of hydrogen-bond acceptors (Lipinski definition) is 7.